The first-order chi connectivity index (χ1) is 12.9. The first-order valence-electron chi connectivity index (χ1n) is 7.91. The number of anilines is 1. The minimum absolute atomic E-state index is 0.0821. The molecule has 3 rings (SSSR count). The van der Waals surface area contributed by atoms with Gasteiger partial charge in [0.2, 0.25) is 5.91 Å². The molecule has 3 aromatic rings. The Kier molecular flexibility index (Phi) is 5.78. The molecule has 0 saturated heterocycles. The van der Waals surface area contributed by atoms with E-state index in [1.807, 2.05) is 17.8 Å². The number of para-hydroxylation sites is 1. The number of nitro benzene ring substituents is 1. The van der Waals surface area contributed by atoms with Gasteiger partial charge < -0.3 is 9.88 Å². The van der Waals surface area contributed by atoms with Gasteiger partial charge in [-0.15, -0.1) is 0 Å². The molecule has 0 spiro atoms. The van der Waals surface area contributed by atoms with Crippen molar-refractivity contribution in [3.05, 3.63) is 75.6 Å². The third-order valence-corrected chi connectivity index (χ3v) is 5.12. The molecule has 0 aliphatic carbocycles. The zero-order chi connectivity index (χ0) is 19.4. The topological polar surface area (TPSA) is 90.1 Å². The van der Waals surface area contributed by atoms with Crippen molar-refractivity contribution in [2.24, 2.45) is 7.05 Å². The van der Waals surface area contributed by atoms with E-state index >= 15 is 0 Å². The molecule has 0 bridgehead atoms. The highest BCUT2D eigenvalue weighted by atomic mass is 35.5. The lowest BCUT2D eigenvalue weighted by Gasteiger charge is -2.11. The molecular formula is C18H15ClN4O3S. The summed E-state index contributed by atoms with van der Waals surface area (Å²) in [7, 11) is 1.87. The van der Waals surface area contributed by atoms with Gasteiger partial charge in [-0.05, 0) is 30.0 Å². The van der Waals surface area contributed by atoms with Gasteiger partial charge in [0.15, 0.2) is 5.16 Å². The molecule has 9 heteroatoms. The Labute approximate surface area is 164 Å². The van der Waals surface area contributed by atoms with E-state index in [1.54, 1.807) is 42.6 Å². The summed E-state index contributed by atoms with van der Waals surface area (Å²) in [6, 6.07) is 11.3. The maximum atomic E-state index is 12.5. The lowest BCUT2D eigenvalue weighted by Crippen LogP contribution is -2.15. The zero-order valence-corrected chi connectivity index (χ0v) is 15.8. The summed E-state index contributed by atoms with van der Waals surface area (Å²) in [5, 5.41) is 15.1. The Balaban J connectivity index is 1.81. The van der Waals surface area contributed by atoms with Crippen LogP contribution in [0.5, 0.6) is 0 Å². The lowest BCUT2D eigenvalue weighted by atomic mass is 10.1. The average Bonchev–Trinajstić information content (AvgIpc) is 3.02. The number of aromatic nitrogens is 2. The van der Waals surface area contributed by atoms with E-state index in [9.17, 15) is 14.9 Å². The Bertz CT molecular complexity index is 1010. The van der Waals surface area contributed by atoms with Crippen LogP contribution in [0.1, 0.15) is 5.56 Å². The number of nitrogens with zero attached hydrogens (tertiary/aromatic N) is 3. The van der Waals surface area contributed by atoms with E-state index < -0.39 is 4.92 Å². The van der Waals surface area contributed by atoms with Gasteiger partial charge in [0.05, 0.1) is 17.0 Å². The minimum Gasteiger partial charge on any atom is -0.329 e. The van der Waals surface area contributed by atoms with Crippen LogP contribution >= 0.6 is 23.4 Å². The van der Waals surface area contributed by atoms with Gasteiger partial charge in [0.25, 0.3) is 5.69 Å². The van der Waals surface area contributed by atoms with Crippen molar-refractivity contribution in [2.75, 3.05) is 5.32 Å². The molecule has 0 fully saturated rings. The van der Waals surface area contributed by atoms with E-state index in [0.29, 0.717) is 16.3 Å². The Morgan fingerprint density at radius 3 is 2.81 bits per heavy atom. The largest absolute Gasteiger partial charge is 0.329 e. The number of benzene rings is 2. The summed E-state index contributed by atoms with van der Waals surface area (Å²) >= 11 is 7.45. The molecule has 1 heterocycles. The van der Waals surface area contributed by atoms with Gasteiger partial charge in [-0.3, -0.25) is 14.9 Å². The maximum Gasteiger partial charge on any atom is 0.273 e. The van der Waals surface area contributed by atoms with Crippen LogP contribution in [0, 0.1) is 10.1 Å². The van der Waals surface area contributed by atoms with Gasteiger partial charge in [-0.25, -0.2) is 4.98 Å². The standard InChI is InChI=1S/C18H15ClN4O3S/c1-22-9-8-20-18(22)27-16-7-6-13(19)11-14(16)21-17(24)10-12-4-2-3-5-15(12)23(25)26/h2-9,11H,10H2,1H3,(H,21,24). The number of hydrogen-bond donors (Lipinski definition) is 1. The number of rotatable bonds is 6. The van der Waals surface area contributed by atoms with Crippen molar-refractivity contribution in [3.63, 3.8) is 0 Å². The number of amides is 1. The van der Waals surface area contributed by atoms with Crippen molar-refractivity contribution in [1.82, 2.24) is 9.55 Å². The maximum absolute atomic E-state index is 12.5. The number of aryl methyl sites for hydroxylation is 1. The Morgan fingerprint density at radius 1 is 1.33 bits per heavy atom. The molecule has 0 radical (unpaired) electrons. The fraction of sp³-hybridized carbons (Fsp3) is 0.111. The molecule has 27 heavy (non-hydrogen) atoms. The van der Waals surface area contributed by atoms with E-state index in [0.717, 1.165) is 10.1 Å². The summed E-state index contributed by atoms with van der Waals surface area (Å²) in [5.74, 6) is -0.367. The predicted octanol–water partition coefficient (Wildman–Crippen LogP) is 4.31. The van der Waals surface area contributed by atoms with Crippen molar-refractivity contribution >= 4 is 40.6 Å². The molecule has 0 aliphatic heterocycles. The van der Waals surface area contributed by atoms with Gasteiger partial charge in [-0.2, -0.15) is 0 Å². The summed E-state index contributed by atoms with van der Waals surface area (Å²) < 4.78 is 1.86. The minimum atomic E-state index is -0.496. The van der Waals surface area contributed by atoms with E-state index in [-0.39, 0.29) is 18.0 Å². The molecule has 0 unspecified atom stereocenters. The Hall–Kier alpha value is -2.84. The second kappa shape index (κ2) is 8.24. The van der Waals surface area contributed by atoms with Crippen molar-refractivity contribution in [3.8, 4) is 0 Å². The number of halogens is 1. The molecule has 138 valence electrons. The van der Waals surface area contributed by atoms with Crippen LogP contribution in [0.3, 0.4) is 0 Å². The summed E-state index contributed by atoms with van der Waals surface area (Å²) in [5.41, 5.74) is 0.792. The third kappa shape index (κ3) is 4.66. The Morgan fingerprint density at radius 2 is 2.11 bits per heavy atom. The molecule has 0 aliphatic rings. The number of carbonyl (C=O) groups excluding carboxylic acids is 1. The van der Waals surface area contributed by atoms with Crippen molar-refractivity contribution < 1.29 is 9.72 Å². The van der Waals surface area contributed by atoms with Crippen LogP contribution in [-0.4, -0.2) is 20.4 Å². The van der Waals surface area contributed by atoms with Crippen molar-refractivity contribution in [1.29, 1.82) is 0 Å². The molecule has 0 atom stereocenters. The lowest BCUT2D eigenvalue weighted by molar-refractivity contribution is -0.385. The number of imidazole rings is 1. The zero-order valence-electron chi connectivity index (χ0n) is 14.3. The van der Waals surface area contributed by atoms with Crippen LogP contribution in [-0.2, 0) is 18.3 Å². The van der Waals surface area contributed by atoms with E-state index in [2.05, 4.69) is 10.3 Å². The molecule has 2 aromatic carbocycles. The normalized spacial score (nSPS) is 10.6. The van der Waals surface area contributed by atoms with Crippen LogP contribution in [0.4, 0.5) is 11.4 Å². The fourth-order valence-electron chi connectivity index (χ4n) is 2.44. The second-order valence-electron chi connectivity index (χ2n) is 5.67. The monoisotopic (exact) mass is 402 g/mol. The SMILES string of the molecule is Cn1ccnc1Sc1ccc(Cl)cc1NC(=O)Cc1ccccc1[N+](=O)[O-]. The van der Waals surface area contributed by atoms with Gasteiger partial charge in [-0.1, -0.05) is 29.8 Å². The third-order valence-electron chi connectivity index (χ3n) is 3.73. The van der Waals surface area contributed by atoms with Crippen molar-refractivity contribution in [2.45, 2.75) is 16.5 Å². The molecule has 1 aromatic heterocycles. The summed E-state index contributed by atoms with van der Waals surface area (Å²) in [6.07, 6.45) is 3.40. The van der Waals surface area contributed by atoms with Crippen LogP contribution in [0.25, 0.3) is 0 Å². The smallest absolute Gasteiger partial charge is 0.273 e. The average molecular weight is 403 g/mol. The number of nitrogens with one attached hydrogen (secondary N) is 1. The number of nitro groups is 1. The van der Waals surface area contributed by atoms with Crippen LogP contribution in [0.2, 0.25) is 5.02 Å². The predicted molar refractivity (Wildman–Crippen MR) is 104 cm³/mol. The second-order valence-corrected chi connectivity index (χ2v) is 7.12. The number of carbonyl (C=O) groups is 1. The number of hydrogen-bond acceptors (Lipinski definition) is 5. The summed E-state index contributed by atoms with van der Waals surface area (Å²) in [4.78, 5) is 28.1. The van der Waals surface area contributed by atoms with Gasteiger partial charge in [0, 0.05) is 41.0 Å². The fourth-order valence-corrected chi connectivity index (χ4v) is 3.49. The quantitative estimate of drug-likeness (QED) is 0.490. The molecule has 0 saturated carbocycles. The van der Waals surface area contributed by atoms with Crippen LogP contribution < -0.4 is 5.32 Å². The highest BCUT2D eigenvalue weighted by Crippen LogP contribution is 2.34. The highest BCUT2D eigenvalue weighted by molar-refractivity contribution is 7.99. The summed E-state index contributed by atoms with van der Waals surface area (Å²) in [6.45, 7) is 0. The van der Waals surface area contributed by atoms with E-state index in [1.165, 1.54) is 17.8 Å². The van der Waals surface area contributed by atoms with Crippen LogP contribution in [0.15, 0.2) is 64.9 Å². The highest BCUT2D eigenvalue weighted by Gasteiger charge is 2.17. The molecule has 7 nitrogen and oxygen atoms in total. The first-order valence-corrected chi connectivity index (χ1v) is 9.10. The molecular weight excluding hydrogens is 388 g/mol. The molecule has 1 amide bonds. The van der Waals surface area contributed by atoms with Gasteiger partial charge >= 0.3 is 0 Å². The first kappa shape index (κ1) is 18.9. The van der Waals surface area contributed by atoms with E-state index in [4.69, 9.17) is 11.6 Å². The molecule has 1 N–H and O–H groups in total. The van der Waals surface area contributed by atoms with Gasteiger partial charge in [0.1, 0.15) is 0 Å².